The van der Waals surface area contributed by atoms with E-state index in [1.54, 1.807) is 11.3 Å². The molecule has 1 aromatic heterocycles. The second-order valence-electron chi connectivity index (χ2n) is 8.00. The Balaban J connectivity index is 1.42. The number of aromatic nitrogens is 1. The van der Waals surface area contributed by atoms with Gasteiger partial charge in [-0.3, -0.25) is 4.90 Å². The van der Waals surface area contributed by atoms with E-state index in [4.69, 9.17) is 26.1 Å². The van der Waals surface area contributed by atoms with E-state index < -0.39 is 0 Å². The van der Waals surface area contributed by atoms with Crippen LogP contribution in [0, 0.1) is 0 Å². The number of hydrogen-bond acceptors (Lipinski definition) is 6. The van der Waals surface area contributed by atoms with Gasteiger partial charge in [0.05, 0.1) is 11.6 Å². The number of hydrogen-bond donors (Lipinski definition) is 1. The van der Waals surface area contributed by atoms with Crippen molar-refractivity contribution in [1.29, 1.82) is 0 Å². The van der Waals surface area contributed by atoms with Gasteiger partial charge >= 0.3 is 0 Å². The molecule has 0 saturated heterocycles. The van der Waals surface area contributed by atoms with E-state index in [-0.39, 0.29) is 18.4 Å². The third-order valence-electron chi connectivity index (χ3n) is 5.87. The van der Waals surface area contributed by atoms with Crippen molar-refractivity contribution in [2.75, 3.05) is 25.7 Å². The number of rotatable bonds is 8. The summed E-state index contributed by atoms with van der Waals surface area (Å²) >= 11 is 8.23. The lowest BCUT2D eigenvalue weighted by Crippen LogP contribution is -2.25. The van der Waals surface area contributed by atoms with Crippen LogP contribution in [0.5, 0.6) is 11.5 Å². The summed E-state index contributed by atoms with van der Waals surface area (Å²) in [7, 11) is 2.08. The molecule has 3 aromatic rings. The van der Waals surface area contributed by atoms with Gasteiger partial charge in [-0.05, 0) is 49.2 Å². The number of nitrogens with zero attached hydrogens (tertiary/aromatic N) is 2. The summed E-state index contributed by atoms with van der Waals surface area (Å²) < 4.78 is 11.0. The van der Waals surface area contributed by atoms with Gasteiger partial charge in [0.2, 0.25) is 6.79 Å². The van der Waals surface area contributed by atoms with Gasteiger partial charge in [0.15, 0.2) is 16.6 Å². The van der Waals surface area contributed by atoms with E-state index in [9.17, 15) is 0 Å². The van der Waals surface area contributed by atoms with Crippen LogP contribution >= 0.6 is 22.9 Å². The SMILES string of the molecule is C=CCN(C)C(c1cnc(NC2(c3ccc4c(c3)OCO4)CC2)s1)c1ccccc1Cl. The number of likely N-dealkylation sites (N-methyl/N-ethyl adjacent to an activating group) is 1. The molecule has 1 aliphatic carbocycles. The predicted molar refractivity (Wildman–Crippen MR) is 125 cm³/mol. The number of ether oxygens (including phenoxy) is 2. The summed E-state index contributed by atoms with van der Waals surface area (Å²) in [6.07, 6.45) is 5.98. The molecule has 1 aliphatic heterocycles. The maximum absolute atomic E-state index is 6.56. The topological polar surface area (TPSA) is 46.6 Å². The third kappa shape index (κ3) is 3.91. The molecule has 160 valence electrons. The summed E-state index contributed by atoms with van der Waals surface area (Å²) in [5.74, 6) is 1.62. The van der Waals surface area contributed by atoms with Gasteiger partial charge in [-0.1, -0.05) is 41.9 Å². The summed E-state index contributed by atoms with van der Waals surface area (Å²) in [4.78, 5) is 8.09. The fraction of sp³-hybridized carbons (Fsp3) is 0.292. The number of halogens is 1. The molecule has 5 rings (SSSR count). The molecular weight excluding hydrogens is 430 g/mol. The predicted octanol–water partition coefficient (Wildman–Crippen LogP) is 5.83. The molecule has 0 radical (unpaired) electrons. The number of benzene rings is 2. The molecule has 0 amide bonds. The Bertz CT molecular complexity index is 1110. The van der Waals surface area contributed by atoms with Crippen LogP contribution in [0.2, 0.25) is 5.02 Å². The molecule has 2 aliphatic rings. The Hall–Kier alpha value is -2.54. The van der Waals surface area contributed by atoms with Crippen LogP contribution in [-0.4, -0.2) is 30.3 Å². The van der Waals surface area contributed by atoms with E-state index in [2.05, 4.69) is 42.0 Å². The molecule has 1 unspecified atom stereocenters. The highest BCUT2D eigenvalue weighted by Gasteiger charge is 2.45. The average molecular weight is 454 g/mol. The molecule has 2 heterocycles. The summed E-state index contributed by atoms with van der Waals surface area (Å²) in [6, 6.07) is 14.2. The minimum absolute atomic E-state index is 0.0143. The van der Waals surface area contributed by atoms with Crippen molar-refractivity contribution in [3.05, 3.63) is 82.3 Å². The number of thiazole rings is 1. The lowest BCUT2D eigenvalue weighted by molar-refractivity contribution is 0.174. The smallest absolute Gasteiger partial charge is 0.231 e. The van der Waals surface area contributed by atoms with Crippen LogP contribution in [0.1, 0.15) is 34.9 Å². The Kier molecular flexibility index (Phi) is 5.38. The fourth-order valence-corrected chi connectivity index (χ4v) is 5.43. The van der Waals surface area contributed by atoms with Crippen LogP contribution in [0.15, 0.2) is 61.3 Å². The highest BCUT2D eigenvalue weighted by molar-refractivity contribution is 7.15. The van der Waals surface area contributed by atoms with E-state index >= 15 is 0 Å². The summed E-state index contributed by atoms with van der Waals surface area (Å²) in [5.41, 5.74) is 2.18. The maximum atomic E-state index is 6.56. The standard InChI is InChI=1S/C24H24ClN3O2S/c1-3-12-28(2)22(17-6-4-5-7-18(17)25)21-14-26-23(31-21)27-24(10-11-24)16-8-9-19-20(13-16)30-15-29-19/h3-9,13-14,22H,1,10-12,15H2,2H3,(H,26,27). The largest absolute Gasteiger partial charge is 0.454 e. The summed E-state index contributed by atoms with van der Waals surface area (Å²) in [6.45, 7) is 4.93. The molecule has 7 heteroatoms. The minimum atomic E-state index is -0.0942. The molecule has 1 atom stereocenters. The maximum Gasteiger partial charge on any atom is 0.231 e. The first-order chi connectivity index (χ1) is 15.1. The quantitative estimate of drug-likeness (QED) is 0.434. The second kappa shape index (κ2) is 8.19. The van der Waals surface area contributed by atoms with Crippen LogP contribution < -0.4 is 14.8 Å². The number of anilines is 1. The number of fused-ring (bicyclic) bond motifs is 1. The van der Waals surface area contributed by atoms with Crippen molar-refractivity contribution in [1.82, 2.24) is 9.88 Å². The van der Waals surface area contributed by atoms with Crippen LogP contribution in [0.4, 0.5) is 5.13 Å². The number of nitrogens with one attached hydrogen (secondary N) is 1. The highest BCUT2D eigenvalue weighted by Crippen LogP contribution is 2.51. The van der Waals surface area contributed by atoms with Gasteiger partial charge in [-0.2, -0.15) is 0 Å². The lowest BCUT2D eigenvalue weighted by Gasteiger charge is -2.27. The highest BCUT2D eigenvalue weighted by atomic mass is 35.5. The van der Waals surface area contributed by atoms with E-state index in [0.29, 0.717) is 0 Å². The molecule has 1 saturated carbocycles. The molecule has 2 aromatic carbocycles. The van der Waals surface area contributed by atoms with Crippen molar-refractivity contribution in [2.24, 2.45) is 0 Å². The zero-order valence-corrected chi connectivity index (χ0v) is 18.9. The Morgan fingerprint density at radius 3 is 2.84 bits per heavy atom. The normalized spacial score (nSPS) is 16.9. The van der Waals surface area contributed by atoms with Crippen molar-refractivity contribution in [3.63, 3.8) is 0 Å². The Labute approximate surface area is 191 Å². The lowest BCUT2D eigenvalue weighted by atomic mass is 10.0. The van der Waals surface area contributed by atoms with Gasteiger partial charge in [0, 0.05) is 22.6 Å². The first-order valence-electron chi connectivity index (χ1n) is 10.3. The first kappa shape index (κ1) is 20.4. The zero-order valence-electron chi connectivity index (χ0n) is 17.3. The van der Waals surface area contributed by atoms with Gasteiger partial charge in [0.1, 0.15) is 0 Å². The molecule has 1 N–H and O–H groups in total. The van der Waals surface area contributed by atoms with Gasteiger partial charge in [0.25, 0.3) is 0 Å². The van der Waals surface area contributed by atoms with Crippen LogP contribution in [0.3, 0.4) is 0 Å². The minimum Gasteiger partial charge on any atom is -0.454 e. The molecule has 31 heavy (non-hydrogen) atoms. The summed E-state index contributed by atoms with van der Waals surface area (Å²) in [5, 5.41) is 5.35. The van der Waals surface area contributed by atoms with Crippen molar-refractivity contribution >= 4 is 28.1 Å². The fourth-order valence-electron chi connectivity index (χ4n) is 4.09. The molecule has 5 nitrogen and oxygen atoms in total. The van der Waals surface area contributed by atoms with Crippen LogP contribution in [0.25, 0.3) is 0 Å². The van der Waals surface area contributed by atoms with E-state index in [1.807, 2.05) is 36.5 Å². The van der Waals surface area contributed by atoms with Gasteiger partial charge in [-0.25, -0.2) is 4.98 Å². The molecule has 0 bridgehead atoms. The van der Waals surface area contributed by atoms with Crippen LogP contribution in [-0.2, 0) is 5.54 Å². The zero-order chi connectivity index (χ0) is 21.4. The molecular formula is C24H24ClN3O2S. The van der Waals surface area contributed by atoms with Crippen molar-refractivity contribution < 1.29 is 9.47 Å². The second-order valence-corrected chi connectivity index (χ2v) is 9.46. The first-order valence-corrected chi connectivity index (χ1v) is 11.5. The van der Waals surface area contributed by atoms with E-state index in [0.717, 1.165) is 51.5 Å². The Morgan fingerprint density at radius 2 is 2.06 bits per heavy atom. The van der Waals surface area contributed by atoms with Gasteiger partial charge in [-0.15, -0.1) is 17.9 Å². The van der Waals surface area contributed by atoms with Crippen molar-refractivity contribution in [3.8, 4) is 11.5 Å². The Morgan fingerprint density at radius 1 is 1.26 bits per heavy atom. The van der Waals surface area contributed by atoms with Crippen molar-refractivity contribution in [2.45, 2.75) is 24.4 Å². The molecule has 1 fully saturated rings. The average Bonchev–Trinajstić information content (AvgIpc) is 3.17. The van der Waals surface area contributed by atoms with Gasteiger partial charge < -0.3 is 14.8 Å². The monoisotopic (exact) mass is 453 g/mol. The van der Waals surface area contributed by atoms with E-state index in [1.165, 1.54) is 5.56 Å². The molecule has 0 spiro atoms. The third-order valence-corrected chi connectivity index (χ3v) is 7.18.